The van der Waals surface area contributed by atoms with Crippen LogP contribution in [0.15, 0.2) is 72.8 Å². The molecule has 4 aromatic rings. The number of carbonyl (C=O) groups excluding carboxylic acids is 1. The summed E-state index contributed by atoms with van der Waals surface area (Å²) in [6.07, 6.45) is 0.776. The Bertz CT molecular complexity index is 1240. The van der Waals surface area contributed by atoms with Gasteiger partial charge in [0.25, 0.3) is 5.91 Å². The predicted molar refractivity (Wildman–Crippen MR) is 132 cm³/mol. The lowest BCUT2D eigenvalue weighted by atomic mass is 10.3. The third-order valence-corrected chi connectivity index (χ3v) is 5.45. The molecule has 0 aliphatic heterocycles. The van der Waals surface area contributed by atoms with E-state index in [-0.39, 0.29) is 12.5 Å². The minimum atomic E-state index is -0.227. The van der Waals surface area contributed by atoms with Gasteiger partial charge in [-0.25, -0.2) is 4.98 Å². The van der Waals surface area contributed by atoms with Crippen molar-refractivity contribution in [1.82, 2.24) is 14.9 Å². The molecule has 0 saturated heterocycles. The minimum Gasteiger partial charge on any atom is -0.497 e. The van der Waals surface area contributed by atoms with Gasteiger partial charge in [0.1, 0.15) is 23.1 Å². The maximum absolute atomic E-state index is 12.3. The molecule has 0 spiro atoms. The van der Waals surface area contributed by atoms with E-state index in [2.05, 4.69) is 9.88 Å². The van der Waals surface area contributed by atoms with Gasteiger partial charge in [-0.15, -0.1) is 0 Å². The highest BCUT2D eigenvalue weighted by molar-refractivity contribution is 6.30. The maximum atomic E-state index is 12.3. The molecule has 1 heterocycles. The lowest BCUT2D eigenvalue weighted by Crippen LogP contribution is -2.29. The largest absolute Gasteiger partial charge is 0.497 e. The summed E-state index contributed by atoms with van der Waals surface area (Å²) in [6, 6.07) is 22.4. The van der Waals surface area contributed by atoms with Crippen LogP contribution in [0.4, 0.5) is 0 Å². The third kappa shape index (κ3) is 6.20. The third-order valence-electron chi connectivity index (χ3n) is 5.20. The van der Waals surface area contributed by atoms with E-state index in [4.69, 9.17) is 30.8 Å². The van der Waals surface area contributed by atoms with Crippen molar-refractivity contribution in [2.75, 3.05) is 20.3 Å². The van der Waals surface area contributed by atoms with Crippen LogP contribution in [0.3, 0.4) is 0 Å². The molecular weight excluding hydrogens is 454 g/mol. The smallest absolute Gasteiger partial charge is 0.258 e. The molecular formula is C26H26ClN3O4. The topological polar surface area (TPSA) is 74.6 Å². The average molecular weight is 480 g/mol. The number of amides is 1. The highest BCUT2D eigenvalue weighted by Gasteiger charge is 2.12. The van der Waals surface area contributed by atoms with E-state index in [0.717, 1.165) is 34.8 Å². The Morgan fingerprint density at radius 3 is 2.59 bits per heavy atom. The molecule has 0 fully saturated rings. The van der Waals surface area contributed by atoms with Crippen molar-refractivity contribution in [3.05, 3.63) is 83.6 Å². The van der Waals surface area contributed by atoms with E-state index < -0.39 is 0 Å². The van der Waals surface area contributed by atoms with Gasteiger partial charge in [0.2, 0.25) is 0 Å². The van der Waals surface area contributed by atoms with Gasteiger partial charge in [0.05, 0.1) is 31.3 Å². The second-order valence-corrected chi connectivity index (χ2v) is 8.01. The highest BCUT2D eigenvalue weighted by Crippen LogP contribution is 2.20. The first kappa shape index (κ1) is 23.4. The molecule has 0 saturated carbocycles. The number of benzene rings is 3. The number of hydrogen-bond acceptors (Lipinski definition) is 5. The number of ether oxygens (including phenoxy) is 3. The van der Waals surface area contributed by atoms with Crippen LogP contribution in [0.1, 0.15) is 12.2 Å². The zero-order chi connectivity index (χ0) is 23.8. The Morgan fingerprint density at radius 1 is 0.971 bits per heavy atom. The molecule has 3 aromatic carbocycles. The van der Waals surface area contributed by atoms with Crippen molar-refractivity contribution in [3.63, 3.8) is 0 Å². The fourth-order valence-electron chi connectivity index (χ4n) is 3.52. The maximum Gasteiger partial charge on any atom is 0.258 e. The monoisotopic (exact) mass is 479 g/mol. The SMILES string of the molecule is COc1cccc(OCCCn2c(CNC(=O)COc3ccc(Cl)cc3)nc3ccccc32)c1. The second kappa shape index (κ2) is 11.4. The number of hydrogen-bond donors (Lipinski definition) is 1. The number of nitrogens with zero attached hydrogens (tertiary/aromatic N) is 2. The number of imidazole rings is 1. The molecule has 0 unspecified atom stereocenters. The standard InChI is InChI=1S/C26H26ClN3O4/c1-32-21-6-4-7-22(16-21)33-15-5-14-30-24-9-3-2-8-23(24)29-25(30)17-28-26(31)18-34-20-12-10-19(27)11-13-20/h2-4,6-13,16H,5,14-15,17-18H2,1H3,(H,28,31). The van der Waals surface area contributed by atoms with Crippen LogP contribution in [0.5, 0.6) is 17.2 Å². The number of nitrogens with one attached hydrogen (secondary N) is 1. The van der Waals surface area contributed by atoms with E-state index in [9.17, 15) is 4.79 Å². The summed E-state index contributed by atoms with van der Waals surface area (Å²) in [5.74, 6) is 2.67. The summed E-state index contributed by atoms with van der Waals surface area (Å²) in [7, 11) is 1.63. The van der Waals surface area contributed by atoms with E-state index in [0.29, 0.717) is 30.5 Å². The Labute approximate surface area is 203 Å². The number of rotatable bonds is 11. The first-order valence-corrected chi connectivity index (χ1v) is 11.4. The Balaban J connectivity index is 1.33. The van der Waals surface area contributed by atoms with Gasteiger partial charge in [-0.05, 0) is 55.0 Å². The fourth-order valence-corrected chi connectivity index (χ4v) is 3.65. The van der Waals surface area contributed by atoms with Gasteiger partial charge in [-0.2, -0.15) is 0 Å². The first-order valence-electron chi connectivity index (χ1n) is 11.0. The lowest BCUT2D eigenvalue weighted by molar-refractivity contribution is -0.123. The lowest BCUT2D eigenvalue weighted by Gasteiger charge is -2.12. The molecule has 0 aliphatic rings. The van der Waals surface area contributed by atoms with E-state index in [1.807, 2.05) is 48.5 Å². The number of methoxy groups -OCH3 is 1. The second-order valence-electron chi connectivity index (χ2n) is 7.57. The van der Waals surface area contributed by atoms with Crippen LogP contribution in [0.25, 0.3) is 11.0 Å². The molecule has 1 N–H and O–H groups in total. The van der Waals surface area contributed by atoms with Crippen molar-refractivity contribution in [1.29, 1.82) is 0 Å². The minimum absolute atomic E-state index is 0.0871. The molecule has 1 amide bonds. The molecule has 8 heteroatoms. The van der Waals surface area contributed by atoms with Crippen molar-refractivity contribution < 1.29 is 19.0 Å². The molecule has 1 aromatic heterocycles. The molecule has 34 heavy (non-hydrogen) atoms. The van der Waals surface area contributed by atoms with Gasteiger partial charge < -0.3 is 24.1 Å². The fraction of sp³-hybridized carbons (Fsp3) is 0.231. The quantitative estimate of drug-likeness (QED) is 0.311. The van der Waals surface area contributed by atoms with Gasteiger partial charge in [0.15, 0.2) is 6.61 Å². The molecule has 0 aliphatic carbocycles. The van der Waals surface area contributed by atoms with Crippen molar-refractivity contribution in [3.8, 4) is 17.2 Å². The molecule has 7 nitrogen and oxygen atoms in total. The summed E-state index contributed by atoms with van der Waals surface area (Å²) < 4.78 is 18.7. The molecule has 0 atom stereocenters. The number of fused-ring (bicyclic) bond motifs is 1. The zero-order valence-corrected chi connectivity index (χ0v) is 19.6. The molecule has 0 radical (unpaired) electrons. The van der Waals surface area contributed by atoms with Gasteiger partial charge in [-0.3, -0.25) is 4.79 Å². The number of aromatic nitrogens is 2. The summed E-state index contributed by atoms with van der Waals surface area (Å²) >= 11 is 5.87. The zero-order valence-electron chi connectivity index (χ0n) is 18.9. The predicted octanol–water partition coefficient (Wildman–Crippen LogP) is 4.86. The Morgan fingerprint density at radius 2 is 1.76 bits per heavy atom. The molecule has 0 bridgehead atoms. The normalized spacial score (nSPS) is 10.8. The van der Waals surface area contributed by atoms with E-state index >= 15 is 0 Å². The number of halogens is 1. The summed E-state index contributed by atoms with van der Waals surface area (Å²) in [5, 5.41) is 3.51. The summed E-state index contributed by atoms with van der Waals surface area (Å²) in [5.41, 5.74) is 1.91. The summed E-state index contributed by atoms with van der Waals surface area (Å²) in [4.78, 5) is 17.0. The Kier molecular flexibility index (Phi) is 7.88. The van der Waals surface area contributed by atoms with Crippen LogP contribution in [0, 0.1) is 0 Å². The van der Waals surface area contributed by atoms with Crippen LogP contribution < -0.4 is 19.5 Å². The van der Waals surface area contributed by atoms with Crippen LogP contribution in [0.2, 0.25) is 5.02 Å². The van der Waals surface area contributed by atoms with Crippen molar-refractivity contribution in [2.45, 2.75) is 19.5 Å². The van der Waals surface area contributed by atoms with Crippen molar-refractivity contribution >= 4 is 28.5 Å². The van der Waals surface area contributed by atoms with Crippen molar-refractivity contribution in [2.24, 2.45) is 0 Å². The number of aryl methyl sites for hydroxylation is 1. The summed E-state index contributed by atoms with van der Waals surface area (Å²) in [6.45, 7) is 1.46. The Hall–Kier alpha value is -3.71. The van der Waals surface area contributed by atoms with Crippen LogP contribution >= 0.6 is 11.6 Å². The van der Waals surface area contributed by atoms with Gasteiger partial charge in [-0.1, -0.05) is 29.8 Å². The molecule has 4 rings (SSSR count). The highest BCUT2D eigenvalue weighted by atomic mass is 35.5. The van der Waals surface area contributed by atoms with Crippen LogP contribution in [-0.2, 0) is 17.9 Å². The average Bonchev–Trinajstić information content (AvgIpc) is 3.22. The van der Waals surface area contributed by atoms with Gasteiger partial charge in [0, 0.05) is 17.6 Å². The number of para-hydroxylation sites is 2. The van der Waals surface area contributed by atoms with Gasteiger partial charge >= 0.3 is 0 Å². The van der Waals surface area contributed by atoms with Crippen LogP contribution in [-0.4, -0.2) is 35.8 Å². The van der Waals surface area contributed by atoms with E-state index in [1.54, 1.807) is 31.4 Å². The number of carbonyl (C=O) groups is 1. The molecule has 176 valence electrons. The van der Waals surface area contributed by atoms with E-state index in [1.165, 1.54) is 0 Å². The first-order chi connectivity index (χ1) is 16.6.